The van der Waals surface area contributed by atoms with Gasteiger partial charge in [0.15, 0.2) is 0 Å². The van der Waals surface area contributed by atoms with Crippen molar-refractivity contribution >= 4 is 17.2 Å². The molecule has 5 rings (SSSR count). The lowest BCUT2D eigenvalue weighted by molar-refractivity contribution is -0.274. The van der Waals surface area contributed by atoms with E-state index in [4.69, 9.17) is 4.42 Å². The first kappa shape index (κ1) is 25.8. The van der Waals surface area contributed by atoms with Crippen molar-refractivity contribution < 1.29 is 27.1 Å². The Morgan fingerprint density at radius 1 is 1.27 bits per heavy atom. The molecule has 6 nitrogen and oxygen atoms in total. The third-order valence-corrected chi connectivity index (χ3v) is 8.03. The highest BCUT2D eigenvalue weighted by Crippen LogP contribution is 2.52. The van der Waals surface area contributed by atoms with Crippen LogP contribution >= 0.6 is 11.3 Å². The largest absolute Gasteiger partial charge is 0.573 e. The number of thiazole rings is 1. The van der Waals surface area contributed by atoms with Crippen LogP contribution in [0.3, 0.4) is 0 Å². The first-order valence-corrected chi connectivity index (χ1v) is 13.4. The number of likely N-dealkylation sites (tertiary alicyclic amines) is 1. The van der Waals surface area contributed by atoms with Crippen LogP contribution in [0.1, 0.15) is 46.8 Å². The molecular weight excluding hydrogens is 503 g/mol. The number of nitrogens with zero attached hydrogens (tertiary/aromatic N) is 3. The molecule has 3 atom stereocenters. The normalized spacial score (nSPS) is 22.0. The molecule has 1 aliphatic carbocycles. The van der Waals surface area contributed by atoms with Gasteiger partial charge in [0.1, 0.15) is 23.0 Å². The molecule has 2 aliphatic rings. The summed E-state index contributed by atoms with van der Waals surface area (Å²) in [5.74, 6) is 3.29. The number of amides is 1. The standard InChI is InChI=1S/C27H30F3N3O3S/c1-17(25-7-6-18(2)35-25)8-9-32-12-21-22(13-32)23(21)14-33(26(34)24-15-37-16-31-24)11-19-4-3-5-20(10-19)36-27(28,29)30/h3-7,10,15-17,21-23H,8-9,11-14H2,1-2H3. The average Bonchev–Trinajstić information content (AvgIpc) is 3.37. The molecule has 0 radical (unpaired) electrons. The lowest BCUT2D eigenvalue weighted by Crippen LogP contribution is -2.35. The number of ether oxygens (including phenoxy) is 1. The highest BCUT2D eigenvalue weighted by molar-refractivity contribution is 7.07. The van der Waals surface area contributed by atoms with Crippen molar-refractivity contribution in [3.05, 3.63) is 70.1 Å². The molecule has 0 bridgehead atoms. The summed E-state index contributed by atoms with van der Waals surface area (Å²) in [6.45, 7) is 7.93. The van der Waals surface area contributed by atoms with Gasteiger partial charge >= 0.3 is 6.36 Å². The number of carbonyl (C=O) groups is 1. The Morgan fingerprint density at radius 3 is 2.70 bits per heavy atom. The van der Waals surface area contributed by atoms with Crippen LogP contribution in [-0.2, 0) is 6.54 Å². The predicted molar refractivity (Wildman–Crippen MR) is 133 cm³/mol. The first-order chi connectivity index (χ1) is 17.7. The fraction of sp³-hybridized carbons (Fsp3) is 0.481. The van der Waals surface area contributed by atoms with E-state index in [1.165, 1.54) is 29.5 Å². The molecule has 1 amide bonds. The van der Waals surface area contributed by atoms with Crippen LogP contribution < -0.4 is 4.74 Å². The van der Waals surface area contributed by atoms with Crippen molar-refractivity contribution in [2.45, 2.75) is 39.1 Å². The number of fused-ring (bicyclic) bond motifs is 1. The monoisotopic (exact) mass is 533 g/mol. The van der Waals surface area contributed by atoms with Gasteiger partial charge in [-0.1, -0.05) is 19.1 Å². The van der Waals surface area contributed by atoms with Gasteiger partial charge in [-0.05, 0) is 67.5 Å². The van der Waals surface area contributed by atoms with Crippen LogP contribution in [0.4, 0.5) is 13.2 Å². The van der Waals surface area contributed by atoms with Gasteiger partial charge in [0.05, 0.1) is 5.51 Å². The van der Waals surface area contributed by atoms with E-state index in [0.717, 1.165) is 37.6 Å². The van der Waals surface area contributed by atoms with Crippen LogP contribution in [-0.4, -0.2) is 53.2 Å². The number of rotatable bonds is 10. The zero-order valence-corrected chi connectivity index (χ0v) is 21.6. The molecule has 2 aromatic heterocycles. The summed E-state index contributed by atoms with van der Waals surface area (Å²) < 4.78 is 47.9. The number of halogens is 3. The van der Waals surface area contributed by atoms with Crippen molar-refractivity contribution in [1.29, 1.82) is 0 Å². The maximum atomic E-state index is 13.2. The Hall–Kier alpha value is -2.85. The molecule has 1 saturated heterocycles. The van der Waals surface area contributed by atoms with Crippen LogP contribution in [0, 0.1) is 24.7 Å². The van der Waals surface area contributed by atoms with Gasteiger partial charge < -0.3 is 19.0 Å². The topological polar surface area (TPSA) is 58.8 Å². The highest BCUT2D eigenvalue weighted by atomic mass is 32.1. The second-order valence-corrected chi connectivity index (χ2v) is 10.9. The summed E-state index contributed by atoms with van der Waals surface area (Å²) in [7, 11) is 0. The summed E-state index contributed by atoms with van der Waals surface area (Å²) in [5.41, 5.74) is 2.56. The van der Waals surface area contributed by atoms with E-state index in [1.807, 2.05) is 13.0 Å². The molecule has 1 saturated carbocycles. The van der Waals surface area contributed by atoms with E-state index in [-0.39, 0.29) is 18.2 Å². The third-order valence-electron chi connectivity index (χ3n) is 7.45. The number of piperidine rings is 1. The van der Waals surface area contributed by atoms with Gasteiger partial charge in [0, 0.05) is 37.5 Å². The molecular formula is C27H30F3N3O3S. The van der Waals surface area contributed by atoms with Crippen molar-refractivity contribution in [2.75, 3.05) is 26.2 Å². The lowest BCUT2D eigenvalue weighted by Gasteiger charge is -2.25. The SMILES string of the molecule is Cc1ccc(C(C)CCN2CC3C(C2)C3CN(Cc2cccc(OC(F)(F)F)c2)C(=O)c2cscn2)o1. The Labute approximate surface area is 218 Å². The van der Waals surface area contributed by atoms with Crippen LogP contribution in [0.25, 0.3) is 0 Å². The van der Waals surface area contributed by atoms with Crippen molar-refractivity contribution in [2.24, 2.45) is 17.8 Å². The van der Waals surface area contributed by atoms with Gasteiger partial charge in [-0.2, -0.15) is 0 Å². The van der Waals surface area contributed by atoms with Gasteiger partial charge in [0.25, 0.3) is 5.91 Å². The summed E-state index contributed by atoms with van der Waals surface area (Å²) in [5, 5.41) is 1.70. The molecule has 0 spiro atoms. The third kappa shape index (κ3) is 6.35. The van der Waals surface area contributed by atoms with E-state index in [9.17, 15) is 18.0 Å². The lowest BCUT2D eigenvalue weighted by atomic mass is 10.0. The predicted octanol–water partition coefficient (Wildman–Crippen LogP) is 5.96. The van der Waals surface area contributed by atoms with Gasteiger partial charge in [0.2, 0.25) is 0 Å². The smallest absolute Gasteiger partial charge is 0.466 e. The molecule has 3 unspecified atom stereocenters. The number of hydrogen-bond donors (Lipinski definition) is 0. The van der Waals surface area contributed by atoms with E-state index in [1.54, 1.807) is 21.9 Å². The summed E-state index contributed by atoms with van der Waals surface area (Å²) >= 11 is 1.34. The molecule has 10 heteroatoms. The average molecular weight is 534 g/mol. The Bertz CT molecular complexity index is 1200. The molecule has 1 aliphatic heterocycles. The van der Waals surface area contributed by atoms with E-state index in [0.29, 0.717) is 41.5 Å². The minimum absolute atomic E-state index is 0.200. The molecule has 3 aromatic rings. The zero-order chi connectivity index (χ0) is 26.2. The highest BCUT2D eigenvalue weighted by Gasteiger charge is 2.55. The first-order valence-electron chi connectivity index (χ1n) is 12.5. The number of aromatic nitrogens is 1. The van der Waals surface area contributed by atoms with Gasteiger partial charge in [-0.25, -0.2) is 4.98 Å². The number of aryl methyl sites for hydroxylation is 1. The quantitative estimate of drug-likeness (QED) is 0.322. The van der Waals surface area contributed by atoms with Crippen LogP contribution in [0.5, 0.6) is 5.75 Å². The molecule has 3 heterocycles. The number of furan rings is 1. The fourth-order valence-corrected chi connectivity index (χ4v) is 5.97. The van der Waals surface area contributed by atoms with Crippen molar-refractivity contribution in [3.8, 4) is 5.75 Å². The van der Waals surface area contributed by atoms with Crippen LogP contribution in [0.2, 0.25) is 0 Å². The maximum Gasteiger partial charge on any atom is 0.573 e. The minimum atomic E-state index is -4.76. The minimum Gasteiger partial charge on any atom is -0.466 e. The van der Waals surface area contributed by atoms with E-state index in [2.05, 4.69) is 27.6 Å². The maximum absolute atomic E-state index is 13.2. The van der Waals surface area contributed by atoms with Gasteiger partial charge in [-0.15, -0.1) is 24.5 Å². The molecule has 0 N–H and O–H groups in total. The second-order valence-electron chi connectivity index (χ2n) is 10.1. The Balaban J connectivity index is 1.18. The Morgan fingerprint density at radius 2 is 2.05 bits per heavy atom. The van der Waals surface area contributed by atoms with Crippen molar-refractivity contribution in [1.82, 2.24) is 14.8 Å². The number of benzene rings is 1. The second kappa shape index (κ2) is 10.5. The number of alkyl halides is 3. The Kier molecular flexibility index (Phi) is 7.31. The number of carbonyl (C=O) groups excluding carboxylic acids is 1. The molecule has 2 fully saturated rings. The zero-order valence-electron chi connectivity index (χ0n) is 20.8. The molecule has 1 aromatic carbocycles. The van der Waals surface area contributed by atoms with E-state index < -0.39 is 6.36 Å². The number of hydrogen-bond acceptors (Lipinski definition) is 6. The summed E-state index contributed by atoms with van der Waals surface area (Å²) in [6.07, 6.45) is -3.73. The van der Waals surface area contributed by atoms with Crippen molar-refractivity contribution in [3.63, 3.8) is 0 Å². The summed E-state index contributed by atoms with van der Waals surface area (Å²) in [4.78, 5) is 21.6. The summed E-state index contributed by atoms with van der Waals surface area (Å²) in [6, 6.07) is 9.87. The molecule has 37 heavy (non-hydrogen) atoms. The van der Waals surface area contributed by atoms with E-state index >= 15 is 0 Å². The van der Waals surface area contributed by atoms with Crippen LogP contribution in [0.15, 0.2) is 51.7 Å². The van der Waals surface area contributed by atoms with Gasteiger partial charge in [-0.3, -0.25) is 4.79 Å². The fourth-order valence-electron chi connectivity index (χ4n) is 5.44. The molecule has 198 valence electrons.